The molecule has 2 N–H and O–H groups in total. The zero-order chi connectivity index (χ0) is 16.9. The van der Waals surface area contributed by atoms with E-state index in [1.54, 1.807) is 12.6 Å². The Morgan fingerprint density at radius 2 is 2.12 bits per heavy atom. The molecule has 3 heterocycles. The molecule has 9 nitrogen and oxygen atoms in total. The van der Waals surface area contributed by atoms with Crippen LogP contribution in [-0.2, 0) is 4.79 Å². The van der Waals surface area contributed by atoms with Gasteiger partial charge in [-0.05, 0) is 0 Å². The van der Waals surface area contributed by atoms with Gasteiger partial charge >= 0.3 is 0 Å². The minimum atomic E-state index is -0.0822. The van der Waals surface area contributed by atoms with Crippen molar-refractivity contribution < 1.29 is 4.79 Å². The third-order valence-corrected chi connectivity index (χ3v) is 4.57. The van der Waals surface area contributed by atoms with Crippen molar-refractivity contribution in [2.75, 3.05) is 55.3 Å². The molecule has 0 saturated carbocycles. The van der Waals surface area contributed by atoms with Gasteiger partial charge in [-0.3, -0.25) is 15.0 Å². The Hall–Kier alpha value is -2.04. The van der Waals surface area contributed by atoms with Gasteiger partial charge in [0.25, 0.3) is 0 Å². The molecule has 0 aromatic carbocycles. The lowest BCUT2D eigenvalue weighted by Crippen LogP contribution is -2.49. The summed E-state index contributed by atoms with van der Waals surface area (Å²) in [4.78, 5) is 24.5. The SMILES string of the molecule is CNc1c(Cl)ncnc1N1CCN(CC(=O)Nc2nncs2)CC1. The van der Waals surface area contributed by atoms with Crippen molar-refractivity contribution in [1.82, 2.24) is 25.1 Å². The number of halogens is 1. The molecular weight excluding hydrogens is 352 g/mol. The molecular formula is C13H17ClN8OS. The maximum absolute atomic E-state index is 12.0. The van der Waals surface area contributed by atoms with Crippen molar-refractivity contribution in [2.24, 2.45) is 0 Å². The Bertz CT molecular complexity index is 689. The number of hydrogen-bond acceptors (Lipinski definition) is 9. The highest BCUT2D eigenvalue weighted by atomic mass is 35.5. The van der Waals surface area contributed by atoms with E-state index in [1.807, 2.05) is 0 Å². The normalized spacial score (nSPS) is 15.3. The lowest BCUT2D eigenvalue weighted by molar-refractivity contribution is -0.117. The molecule has 0 atom stereocenters. The third kappa shape index (κ3) is 3.89. The quantitative estimate of drug-likeness (QED) is 0.747. The standard InChI is InChI=1S/C13H17ClN8OS/c1-15-10-11(14)16-7-17-12(10)22-4-2-21(3-5-22)6-9(23)19-13-20-18-8-24-13/h7-8,15H,2-6H2,1H3,(H,19,20,23). The average molecular weight is 369 g/mol. The maximum atomic E-state index is 12.0. The van der Waals surface area contributed by atoms with Crippen molar-refractivity contribution in [2.45, 2.75) is 0 Å². The molecule has 1 aliphatic rings. The summed E-state index contributed by atoms with van der Waals surface area (Å²) >= 11 is 7.40. The fourth-order valence-electron chi connectivity index (χ4n) is 2.52. The molecule has 24 heavy (non-hydrogen) atoms. The number of aromatic nitrogens is 4. The zero-order valence-electron chi connectivity index (χ0n) is 13.1. The van der Waals surface area contributed by atoms with E-state index in [1.165, 1.54) is 17.7 Å². The summed E-state index contributed by atoms with van der Waals surface area (Å²) < 4.78 is 0. The van der Waals surface area contributed by atoms with Crippen LogP contribution in [-0.4, -0.2) is 70.7 Å². The molecule has 1 aliphatic heterocycles. The number of anilines is 3. The van der Waals surface area contributed by atoms with Gasteiger partial charge in [-0.1, -0.05) is 22.9 Å². The van der Waals surface area contributed by atoms with Crippen LogP contribution in [0.5, 0.6) is 0 Å². The van der Waals surface area contributed by atoms with Crippen LogP contribution in [0.15, 0.2) is 11.8 Å². The Labute approximate surface area is 148 Å². The fraction of sp³-hybridized carbons (Fsp3) is 0.462. The van der Waals surface area contributed by atoms with Crippen LogP contribution in [0.25, 0.3) is 0 Å². The molecule has 2 aromatic heterocycles. The van der Waals surface area contributed by atoms with Crippen LogP contribution in [0.1, 0.15) is 0 Å². The van der Waals surface area contributed by atoms with Gasteiger partial charge in [-0.25, -0.2) is 9.97 Å². The van der Waals surface area contributed by atoms with E-state index in [-0.39, 0.29) is 5.91 Å². The Morgan fingerprint density at radius 1 is 1.33 bits per heavy atom. The monoisotopic (exact) mass is 368 g/mol. The van der Waals surface area contributed by atoms with Crippen LogP contribution in [0.2, 0.25) is 5.15 Å². The molecule has 0 spiro atoms. The first-order chi connectivity index (χ1) is 11.7. The molecule has 3 rings (SSSR count). The lowest BCUT2D eigenvalue weighted by atomic mass is 10.3. The highest BCUT2D eigenvalue weighted by molar-refractivity contribution is 7.13. The number of nitrogens with one attached hydrogen (secondary N) is 2. The summed E-state index contributed by atoms with van der Waals surface area (Å²) in [5.41, 5.74) is 2.31. The van der Waals surface area contributed by atoms with Crippen molar-refractivity contribution in [1.29, 1.82) is 0 Å². The van der Waals surface area contributed by atoms with Gasteiger partial charge in [-0.2, -0.15) is 0 Å². The van der Waals surface area contributed by atoms with Crippen molar-refractivity contribution in [3.05, 3.63) is 17.0 Å². The minimum absolute atomic E-state index is 0.0822. The second-order valence-electron chi connectivity index (χ2n) is 5.17. The predicted molar refractivity (Wildman–Crippen MR) is 93.8 cm³/mol. The van der Waals surface area contributed by atoms with E-state index in [0.29, 0.717) is 16.8 Å². The second kappa shape index (κ2) is 7.69. The molecule has 1 saturated heterocycles. The summed E-state index contributed by atoms with van der Waals surface area (Å²) in [5.74, 6) is 0.705. The minimum Gasteiger partial charge on any atom is -0.383 e. The fourth-order valence-corrected chi connectivity index (χ4v) is 3.20. The van der Waals surface area contributed by atoms with Gasteiger partial charge in [-0.15, -0.1) is 10.2 Å². The van der Waals surface area contributed by atoms with E-state index >= 15 is 0 Å². The molecule has 11 heteroatoms. The number of nitrogens with zero attached hydrogens (tertiary/aromatic N) is 6. The molecule has 1 amide bonds. The zero-order valence-corrected chi connectivity index (χ0v) is 14.6. The first-order valence-corrected chi connectivity index (χ1v) is 8.64. The number of amides is 1. The number of carbonyl (C=O) groups is 1. The summed E-state index contributed by atoms with van der Waals surface area (Å²) in [6.07, 6.45) is 1.46. The van der Waals surface area contributed by atoms with Crippen LogP contribution in [0.4, 0.5) is 16.6 Å². The Balaban J connectivity index is 1.54. The van der Waals surface area contributed by atoms with Gasteiger partial charge in [0.1, 0.15) is 17.5 Å². The number of carbonyl (C=O) groups excluding carboxylic acids is 1. The van der Waals surface area contributed by atoms with Crippen LogP contribution in [0.3, 0.4) is 0 Å². The molecule has 0 bridgehead atoms. The van der Waals surface area contributed by atoms with Crippen LogP contribution < -0.4 is 15.5 Å². The molecule has 128 valence electrons. The smallest absolute Gasteiger partial charge is 0.240 e. The summed E-state index contributed by atoms with van der Waals surface area (Å²) in [6, 6.07) is 0. The average Bonchev–Trinajstić information content (AvgIpc) is 3.08. The topological polar surface area (TPSA) is 99.2 Å². The maximum Gasteiger partial charge on any atom is 0.240 e. The summed E-state index contributed by atoms with van der Waals surface area (Å²) in [6.45, 7) is 3.36. The first-order valence-electron chi connectivity index (χ1n) is 7.39. The van der Waals surface area contributed by atoms with Gasteiger partial charge in [0.2, 0.25) is 11.0 Å². The van der Waals surface area contributed by atoms with Gasteiger partial charge in [0.15, 0.2) is 11.0 Å². The number of rotatable bonds is 5. The predicted octanol–water partition coefficient (Wildman–Crippen LogP) is 0.784. The van der Waals surface area contributed by atoms with Gasteiger partial charge < -0.3 is 10.2 Å². The van der Waals surface area contributed by atoms with Crippen LogP contribution in [0, 0.1) is 0 Å². The molecule has 1 fully saturated rings. The molecule has 0 unspecified atom stereocenters. The van der Waals surface area contributed by atoms with E-state index in [2.05, 4.69) is 40.6 Å². The van der Waals surface area contributed by atoms with E-state index in [9.17, 15) is 4.79 Å². The van der Waals surface area contributed by atoms with E-state index in [4.69, 9.17) is 11.6 Å². The van der Waals surface area contributed by atoms with Crippen LogP contribution >= 0.6 is 22.9 Å². The highest BCUT2D eigenvalue weighted by Gasteiger charge is 2.23. The van der Waals surface area contributed by atoms with Crippen molar-refractivity contribution >= 4 is 45.5 Å². The van der Waals surface area contributed by atoms with Crippen molar-refractivity contribution in [3.8, 4) is 0 Å². The van der Waals surface area contributed by atoms with E-state index in [0.717, 1.165) is 37.7 Å². The number of hydrogen-bond donors (Lipinski definition) is 2. The number of piperazine rings is 1. The molecule has 0 aliphatic carbocycles. The Morgan fingerprint density at radius 3 is 2.79 bits per heavy atom. The molecule has 2 aromatic rings. The summed E-state index contributed by atoms with van der Waals surface area (Å²) in [5, 5.41) is 14.2. The lowest BCUT2D eigenvalue weighted by Gasteiger charge is -2.35. The first kappa shape index (κ1) is 16.8. The largest absolute Gasteiger partial charge is 0.383 e. The van der Waals surface area contributed by atoms with Gasteiger partial charge in [0, 0.05) is 33.2 Å². The van der Waals surface area contributed by atoms with E-state index < -0.39 is 0 Å². The van der Waals surface area contributed by atoms with Crippen molar-refractivity contribution in [3.63, 3.8) is 0 Å². The van der Waals surface area contributed by atoms with Gasteiger partial charge in [0.05, 0.1) is 6.54 Å². The summed E-state index contributed by atoms with van der Waals surface area (Å²) in [7, 11) is 1.79. The highest BCUT2D eigenvalue weighted by Crippen LogP contribution is 2.29. The third-order valence-electron chi connectivity index (χ3n) is 3.68. The Kier molecular flexibility index (Phi) is 5.38. The molecule has 0 radical (unpaired) electrons. The second-order valence-corrected chi connectivity index (χ2v) is 6.36.